The van der Waals surface area contributed by atoms with Crippen molar-refractivity contribution >= 4 is 17.8 Å². The van der Waals surface area contributed by atoms with Gasteiger partial charge >= 0.3 is 5.97 Å². The summed E-state index contributed by atoms with van der Waals surface area (Å²) in [4.78, 5) is 37.4. The maximum absolute atomic E-state index is 12.9. The van der Waals surface area contributed by atoms with Gasteiger partial charge in [-0.15, -0.1) is 0 Å². The van der Waals surface area contributed by atoms with Crippen molar-refractivity contribution in [3.8, 4) is 0 Å². The highest BCUT2D eigenvalue weighted by molar-refractivity contribution is 5.76. The summed E-state index contributed by atoms with van der Waals surface area (Å²) in [5.74, 6) is -6.92. The predicted octanol–water partition coefficient (Wildman–Crippen LogP) is -12.4. The second-order valence-corrected chi connectivity index (χ2v) is 16.8. The number of aliphatic hydroxyl groups is 16. The third-order valence-corrected chi connectivity index (χ3v) is 12.1. The smallest absolute Gasteiger partial charge is 0.364 e. The fourth-order valence-electron chi connectivity index (χ4n) is 8.54. The van der Waals surface area contributed by atoms with Crippen molar-refractivity contribution < 1.29 is 144 Å². The normalized spacial score (nSPS) is 46.6. The molecule has 0 aromatic heterocycles. The van der Waals surface area contributed by atoms with E-state index in [4.69, 9.17) is 42.6 Å². The maximum Gasteiger partial charge on any atom is 0.364 e. The van der Waals surface area contributed by atoms with Gasteiger partial charge in [0.2, 0.25) is 11.8 Å². The van der Waals surface area contributed by atoms with Crippen molar-refractivity contribution in [3.63, 3.8) is 0 Å². The minimum atomic E-state index is -3.17. The fourth-order valence-corrected chi connectivity index (χ4v) is 8.54. The van der Waals surface area contributed by atoms with Gasteiger partial charge in [-0.1, -0.05) is 0 Å². The Bertz CT molecular complexity index is 1660. The Balaban J connectivity index is 1.40. The minimum Gasteiger partial charge on any atom is -0.477 e. The lowest BCUT2D eigenvalue weighted by Gasteiger charge is -2.51. The number of amides is 2. The molecule has 0 bridgehead atoms. The minimum absolute atomic E-state index is 0.811. The number of carbonyl (C=O) groups is 3. The average Bonchev–Trinajstić information content (AvgIpc) is 3.29. The zero-order chi connectivity index (χ0) is 50.7. The molecule has 0 saturated carbocycles. The highest BCUT2D eigenvalue weighted by atomic mass is 16.8. The van der Waals surface area contributed by atoms with E-state index in [0.29, 0.717) is 0 Å². The maximum atomic E-state index is 12.9. The zero-order valence-electron chi connectivity index (χ0n) is 36.2. The monoisotopic (exact) mass is 998 g/mol. The summed E-state index contributed by atoms with van der Waals surface area (Å²) in [7, 11) is 0. The van der Waals surface area contributed by atoms with E-state index in [0.717, 1.165) is 13.8 Å². The average molecular weight is 999 g/mol. The third kappa shape index (κ3) is 11.8. The Morgan fingerprint density at radius 1 is 0.574 bits per heavy atom. The highest BCUT2D eigenvalue weighted by Crippen LogP contribution is 2.39. The van der Waals surface area contributed by atoms with Crippen LogP contribution >= 0.6 is 0 Å². The molecule has 0 aromatic carbocycles. The number of hydrogen-bond acceptors (Lipinski definition) is 28. The molecule has 0 unspecified atom stereocenters. The lowest BCUT2D eigenvalue weighted by atomic mass is 9.88. The molecule has 394 valence electrons. The molecule has 5 aliphatic rings. The molecule has 0 aliphatic carbocycles. The molecule has 5 aliphatic heterocycles. The topological polar surface area (TPSA) is 502 Å². The molecule has 5 heterocycles. The number of aliphatic carboxylic acids is 1. The lowest BCUT2D eigenvalue weighted by Crippen LogP contribution is -2.71. The first kappa shape index (κ1) is 56.3. The first-order chi connectivity index (χ1) is 32.0. The summed E-state index contributed by atoms with van der Waals surface area (Å²) < 4.78 is 50.5. The van der Waals surface area contributed by atoms with Crippen LogP contribution in [0.5, 0.6) is 0 Å². The molecule has 5 saturated heterocycles. The van der Waals surface area contributed by atoms with Crippen molar-refractivity contribution in [2.45, 2.75) is 179 Å². The van der Waals surface area contributed by atoms with E-state index in [9.17, 15) is 101 Å². The molecule has 19 N–H and O–H groups in total. The molecule has 5 fully saturated rings. The van der Waals surface area contributed by atoms with Crippen LogP contribution in [0, 0.1) is 0 Å². The van der Waals surface area contributed by atoms with Gasteiger partial charge in [0.25, 0.3) is 5.79 Å². The molecule has 68 heavy (non-hydrogen) atoms. The zero-order valence-corrected chi connectivity index (χ0v) is 36.2. The van der Waals surface area contributed by atoms with Crippen LogP contribution in [0.25, 0.3) is 0 Å². The van der Waals surface area contributed by atoms with E-state index in [-0.39, 0.29) is 0 Å². The van der Waals surface area contributed by atoms with Gasteiger partial charge in [0.15, 0.2) is 25.2 Å². The second-order valence-electron chi connectivity index (χ2n) is 16.8. The molecule has 31 nitrogen and oxygen atoms in total. The van der Waals surface area contributed by atoms with Gasteiger partial charge in [-0.2, -0.15) is 0 Å². The number of aliphatic hydroxyl groups excluding tert-OH is 16. The van der Waals surface area contributed by atoms with E-state index in [2.05, 4.69) is 10.6 Å². The summed E-state index contributed by atoms with van der Waals surface area (Å²) in [6.07, 6.45) is -47.0. The predicted molar refractivity (Wildman–Crippen MR) is 207 cm³/mol. The number of hydrogen-bond donors (Lipinski definition) is 19. The standard InChI is InChI=1S/C37H62N2O29/c1-9(45)38-17-11(47)3-37(36(58)59,67-29(17)19(49)12(48)4-40)68-31-21(51)14(6-42)62-35(26(31)56)64-27-16(8-44)63-33(18(22(27)52)39-10(2)46)66-30-20(50)13(5-41)61-34(25(30)55)65-28-15(7-43)60-32(57)24(54)23(28)53/h11-35,40-44,47-57H,3-8H2,1-2H3,(H,38,45)(H,39,46)(H,58,59)/t11-,12+,13+,14+,15+,16+,17+,18+,19+,20-,21-,22+,23+,24+,25+,26+,27+,28+,29+,30-,31-,32+,33-,34-,35-,37-/m0/s1. The van der Waals surface area contributed by atoms with Gasteiger partial charge in [0.05, 0.1) is 45.2 Å². The second kappa shape index (κ2) is 23.8. The SMILES string of the molecule is CC(=O)N[C@H]1[C@H](O[C@H]2[C@@H](O)[C@@H](CO)O[C@@H](O[C@H]3[C@H](O)[C@@H](O)[C@H](O)O[C@@H]3CO)[C@@H]2O)O[C@H](CO)[C@@H](O[C@@H]2O[C@H](CO)[C@H](O)[C@H](O[C@]3(C(=O)O)C[C@H](O)[C@@H](NC(C)=O)[C@H]([C@H](O)[C@H](O)CO)O3)[C@H]2O)[C@@H]1O. The van der Waals surface area contributed by atoms with Crippen molar-refractivity contribution in [1.29, 1.82) is 0 Å². The molecular formula is C37H62N2O29. The van der Waals surface area contributed by atoms with Gasteiger partial charge in [-0.3, -0.25) is 9.59 Å². The molecule has 5 rings (SSSR count). The van der Waals surface area contributed by atoms with Gasteiger partial charge in [-0.05, 0) is 0 Å². The van der Waals surface area contributed by atoms with Crippen LogP contribution in [0.15, 0.2) is 0 Å². The summed E-state index contributed by atoms with van der Waals surface area (Å²) in [6, 6.07) is -3.47. The van der Waals surface area contributed by atoms with E-state index in [1.54, 1.807) is 0 Å². The number of carboxylic acids is 1. The first-order valence-corrected chi connectivity index (χ1v) is 21.2. The van der Waals surface area contributed by atoms with E-state index >= 15 is 0 Å². The van der Waals surface area contributed by atoms with E-state index < -0.39 is 216 Å². The number of ether oxygens (including phenoxy) is 9. The molecule has 31 heteroatoms. The Hall–Kier alpha value is -2.59. The van der Waals surface area contributed by atoms with Crippen LogP contribution in [0.2, 0.25) is 0 Å². The quantitative estimate of drug-likeness (QED) is 0.0606. The van der Waals surface area contributed by atoms with Crippen LogP contribution in [0.4, 0.5) is 0 Å². The number of carboxylic acid groups (broad SMARTS) is 1. The van der Waals surface area contributed by atoms with Gasteiger partial charge in [-0.25, -0.2) is 4.79 Å². The van der Waals surface area contributed by atoms with E-state index in [1.165, 1.54) is 0 Å². The Labute approximate surface area is 384 Å². The van der Waals surface area contributed by atoms with Crippen LogP contribution in [0.1, 0.15) is 20.3 Å². The summed E-state index contributed by atoms with van der Waals surface area (Å²) in [5, 5.41) is 185. The van der Waals surface area contributed by atoms with Crippen molar-refractivity contribution in [1.82, 2.24) is 10.6 Å². The van der Waals surface area contributed by atoms with Crippen molar-refractivity contribution in [2.75, 3.05) is 33.0 Å². The molecule has 26 atom stereocenters. The van der Waals surface area contributed by atoms with Gasteiger partial charge < -0.3 is 140 Å². The number of rotatable bonds is 18. The Morgan fingerprint density at radius 2 is 1.03 bits per heavy atom. The third-order valence-electron chi connectivity index (χ3n) is 12.1. The fraction of sp³-hybridized carbons (Fsp3) is 0.919. The summed E-state index contributed by atoms with van der Waals surface area (Å²) in [5.41, 5.74) is 0. The molecule has 2 amide bonds. The largest absolute Gasteiger partial charge is 0.477 e. The first-order valence-electron chi connectivity index (χ1n) is 21.2. The summed E-state index contributed by atoms with van der Waals surface area (Å²) >= 11 is 0. The number of carbonyl (C=O) groups excluding carboxylic acids is 2. The van der Waals surface area contributed by atoms with Gasteiger partial charge in [0.1, 0.15) is 116 Å². The lowest BCUT2D eigenvalue weighted by molar-refractivity contribution is -0.390. The van der Waals surface area contributed by atoms with Crippen LogP contribution in [0.3, 0.4) is 0 Å². The number of nitrogens with one attached hydrogen (secondary N) is 2. The summed E-state index contributed by atoms with van der Waals surface area (Å²) in [6.45, 7) is -3.23. The molecule has 0 radical (unpaired) electrons. The van der Waals surface area contributed by atoms with Crippen LogP contribution in [-0.2, 0) is 57.0 Å². The van der Waals surface area contributed by atoms with E-state index in [1.807, 2.05) is 0 Å². The molecule has 0 aromatic rings. The molecule has 0 spiro atoms. The Morgan fingerprint density at radius 3 is 1.53 bits per heavy atom. The van der Waals surface area contributed by atoms with Crippen molar-refractivity contribution in [3.05, 3.63) is 0 Å². The van der Waals surface area contributed by atoms with Crippen LogP contribution < -0.4 is 10.6 Å². The van der Waals surface area contributed by atoms with Crippen LogP contribution in [-0.4, -0.2) is 297 Å². The Kier molecular flexibility index (Phi) is 19.7. The van der Waals surface area contributed by atoms with Gasteiger partial charge in [0, 0.05) is 20.3 Å². The van der Waals surface area contributed by atoms with Crippen molar-refractivity contribution in [2.24, 2.45) is 0 Å². The molecular weight excluding hydrogens is 936 g/mol. The highest BCUT2D eigenvalue weighted by Gasteiger charge is 2.61.